The van der Waals surface area contributed by atoms with Gasteiger partial charge >= 0.3 is 0 Å². The van der Waals surface area contributed by atoms with Gasteiger partial charge in [0.05, 0.1) is 9.77 Å². The fraction of sp³-hybridized carbons (Fsp3) is 0.643. The molecule has 1 fully saturated rings. The van der Waals surface area contributed by atoms with Crippen LogP contribution in [-0.2, 0) is 10.0 Å². The lowest BCUT2D eigenvalue weighted by Crippen LogP contribution is -2.38. The lowest BCUT2D eigenvalue weighted by Gasteiger charge is -2.29. The second-order valence-corrected chi connectivity index (χ2v) is 8.73. The third-order valence-corrected chi connectivity index (χ3v) is 6.40. The first-order chi connectivity index (χ1) is 9.80. The van der Waals surface area contributed by atoms with Crippen LogP contribution in [0.2, 0.25) is 0 Å². The molecule has 0 unspecified atom stereocenters. The maximum absolute atomic E-state index is 12.6. The normalized spacial score (nSPS) is 20.7. The van der Waals surface area contributed by atoms with E-state index in [1.165, 1.54) is 21.7 Å². The number of sulfonamides is 1. The Kier molecular flexibility index (Phi) is 5.06. The Morgan fingerprint density at radius 1 is 1.48 bits per heavy atom. The van der Waals surface area contributed by atoms with E-state index >= 15 is 0 Å². The van der Waals surface area contributed by atoms with E-state index in [9.17, 15) is 13.2 Å². The van der Waals surface area contributed by atoms with Crippen LogP contribution >= 0.6 is 11.3 Å². The molecule has 0 radical (unpaired) electrons. The summed E-state index contributed by atoms with van der Waals surface area (Å²) in [5.41, 5.74) is 0. The Morgan fingerprint density at radius 2 is 2.19 bits per heavy atom. The van der Waals surface area contributed by atoms with Crippen molar-refractivity contribution in [1.82, 2.24) is 9.62 Å². The molecule has 21 heavy (non-hydrogen) atoms. The fourth-order valence-corrected chi connectivity index (χ4v) is 5.18. The van der Waals surface area contributed by atoms with E-state index in [1.54, 1.807) is 5.38 Å². The highest BCUT2D eigenvalue weighted by Crippen LogP contribution is 2.26. The van der Waals surface area contributed by atoms with Gasteiger partial charge in [0.15, 0.2) is 0 Å². The summed E-state index contributed by atoms with van der Waals surface area (Å²) in [6, 6.07) is 1.51. The number of hydrogen-bond donors (Lipinski definition) is 1. The van der Waals surface area contributed by atoms with Crippen molar-refractivity contribution in [2.75, 3.05) is 13.1 Å². The van der Waals surface area contributed by atoms with E-state index in [2.05, 4.69) is 12.2 Å². The minimum absolute atomic E-state index is 0.0302. The summed E-state index contributed by atoms with van der Waals surface area (Å²) in [6.45, 7) is 6.94. The topological polar surface area (TPSA) is 66.5 Å². The van der Waals surface area contributed by atoms with Gasteiger partial charge in [-0.1, -0.05) is 6.92 Å². The molecule has 0 spiro atoms. The van der Waals surface area contributed by atoms with Gasteiger partial charge in [0.25, 0.3) is 5.91 Å². The zero-order valence-electron chi connectivity index (χ0n) is 12.6. The largest absolute Gasteiger partial charge is 0.349 e. The number of piperidine rings is 1. The second kappa shape index (κ2) is 6.46. The first kappa shape index (κ1) is 16.5. The van der Waals surface area contributed by atoms with Crippen LogP contribution < -0.4 is 5.32 Å². The van der Waals surface area contributed by atoms with Crippen LogP contribution in [0.4, 0.5) is 0 Å². The summed E-state index contributed by atoms with van der Waals surface area (Å²) < 4.78 is 26.7. The van der Waals surface area contributed by atoms with Gasteiger partial charge in [-0.25, -0.2) is 8.42 Å². The minimum atomic E-state index is -3.47. The standard InChI is InChI=1S/C14H22N2O3S2/c1-10(2)15-14(17)13-7-12(9-20-13)21(18,19)16-6-4-5-11(3)8-16/h7,9-11H,4-6,8H2,1-3H3,(H,15,17)/t11-/m0/s1. The molecule has 2 heterocycles. The van der Waals surface area contributed by atoms with Crippen LogP contribution in [0.3, 0.4) is 0 Å². The van der Waals surface area contributed by atoms with Crippen molar-refractivity contribution in [3.63, 3.8) is 0 Å². The first-order valence-electron chi connectivity index (χ1n) is 7.20. The molecule has 1 saturated heterocycles. The number of rotatable bonds is 4. The van der Waals surface area contributed by atoms with E-state index in [0.29, 0.717) is 23.9 Å². The van der Waals surface area contributed by atoms with E-state index < -0.39 is 10.0 Å². The van der Waals surface area contributed by atoms with Gasteiger partial charge in [0, 0.05) is 24.5 Å². The molecule has 1 aliphatic heterocycles. The molecule has 0 saturated carbocycles. The van der Waals surface area contributed by atoms with Crippen LogP contribution in [0.5, 0.6) is 0 Å². The zero-order chi connectivity index (χ0) is 15.6. The summed E-state index contributed by atoms with van der Waals surface area (Å²) in [5.74, 6) is 0.166. The van der Waals surface area contributed by atoms with Crippen molar-refractivity contribution in [1.29, 1.82) is 0 Å². The molecule has 2 rings (SSSR count). The van der Waals surface area contributed by atoms with Gasteiger partial charge in [0.2, 0.25) is 10.0 Å². The van der Waals surface area contributed by atoms with E-state index in [1.807, 2.05) is 13.8 Å². The average Bonchev–Trinajstić information content (AvgIpc) is 2.88. The molecule has 1 amide bonds. The Balaban J connectivity index is 2.18. The van der Waals surface area contributed by atoms with Gasteiger partial charge < -0.3 is 5.32 Å². The molecule has 1 aromatic rings. The number of carbonyl (C=O) groups is 1. The molecule has 0 bridgehead atoms. The third kappa shape index (κ3) is 3.84. The summed E-state index contributed by atoms with van der Waals surface area (Å²) in [6.07, 6.45) is 1.96. The summed E-state index contributed by atoms with van der Waals surface area (Å²) >= 11 is 1.17. The van der Waals surface area contributed by atoms with Gasteiger partial charge in [-0.3, -0.25) is 4.79 Å². The minimum Gasteiger partial charge on any atom is -0.349 e. The lowest BCUT2D eigenvalue weighted by molar-refractivity contribution is 0.0947. The molecule has 118 valence electrons. The molecule has 1 aromatic heterocycles. The maximum atomic E-state index is 12.6. The van der Waals surface area contributed by atoms with Crippen LogP contribution in [0, 0.1) is 5.92 Å². The smallest absolute Gasteiger partial charge is 0.261 e. The summed E-state index contributed by atoms with van der Waals surface area (Å²) in [4.78, 5) is 12.6. The van der Waals surface area contributed by atoms with Crippen molar-refractivity contribution in [2.45, 2.75) is 44.6 Å². The van der Waals surface area contributed by atoms with Crippen molar-refractivity contribution in [3.05, 3.63) is 16.3 Å². The van der Waals surface area contributed by atoms with Crippen LogP contribution in [0.1, 0.15) is 43.3 Å². The molecule has 1 N–H and O–H groups in total. The third-order valence-electron chi connectivity index (χ3n) is 3.48. The SMILES string of the molecule is CC(C)NC(=O)c1cc(S(=O)(=O)N2CCC[C@H](C)C2)cs1. The Bertz CT molecular complexity index is 607. The molecule has 0 aromatic carbocycles. The lowest BCUT2D eigenvalue weighted by atomic mass is 10.0. The predicted octanol–water partition coefficient (Wildman–Crippen LogP) is 2.31. The Hall–Kier alpha value is -0.920. The van der Waals surface area contributed by atoms with E-state index in [0.717, 1.165) is 12.8 Å². The monoisotopic (exact) mass is 330 g/mol. The highest BCUT2D eigenvalue weighted by molar-refractivity contribution is 7.89. The number of hydrogen-bond acceptors (Lipinski definition) is 4. The molecule has 5 nitrogen and oxygen atoms in total. The Labute approximate surface area is 130 Å². The van der Waals surface area contributed by atoms with Crippen molar-refractivity contribution in [3.8, 4) is 0 Å². The van der Waals surface area contributed by atoms with Crippen molar-refractivity contribution >= 4 is 27.3 Å². The zero-order valence-corrected chi connectivity index (χ0v) is 14.3. The van der Waals surface area contributed by atoms with Crippen molar-refractivity contribution in [2.24, 2.45) is 5.92 Å². The number of nitrogens with one attached hydrogen (secondary N) is 1. The highest BCUT2D eigenvalue weighted by Gasteiger charge is 2.29. The number of carbonyl (C=O) groups excluding carboxylic acids is 1. The molecular weight excluding hydrogens is 308 g/mol. The van der Waals surface area contributed by atoms with Crippen LogP contribution in [0.25, 0.3) is 0 Å². The number of nitrogens with zero attached hydrogens (tertiary/aromatic N) is 1. The van der Waals surface area contributed by atoms with Crippen LogP contribution in [0.15, 0.2) is 16.3 Å². The molecule has 1 aliphatic rings. The molecule has 0 aliphatic carbocycles. The highest BCUT2D eigenvalue weighted by atomic mass is 32.2. The predicted molar refractivity (Wildman–Crippen MR) is 84.1 cm³/mol. The van der Waals surface area contributed by atoms with Gasteiger partial charge in [-0.05, 0) is 38.7 Å². The second-order valence-electron chi connectivity index (χ2n) is 5.89. The molecule has 7 heteroatoms. The van der Waals surface area contributed by atoms with Gasteiger partial charge in [-0.2, -0.15) is 4.31 Å². The van der Waals surface area contributed by atoms with E-state index in [-0.39, 0.29) is 16.8 Å². The van der Waals surface area contributed by atoms with Gasteiger partial charge in [0.1, 0.15) is 0 Å². The molecule has 1 atom stereocenters. The summed E-state index contributed by atoms with van der Waals surface area (Å²) in [5, 5.41) is 4.33. The number of thiophene rings is 1. The quantitative estimate of drug-likeness (QED) is 0.921. The average molecular weight is 330 g/mol. The van der Waals surface area contributed by atoms with Gasteiger partial charge in [-0.15, -0.1) is 11.3 Å². The molecular formula is C14H22N2O3S2. The van der Waals surface area contributed by atoms with Crippen LogP contribution in [-0.4, -0.2) is 37.8 Å². The summed E-state index contributed by atoms with van der Waals surface area (Å²) in [7, 11) is -3.47. The van der Waals surface area contributed by atoms with Crippen molar-refractivity contribution < 1.29 is 13.2 Å². The number of amides is 1. The first-order valence-corrected chi connectivity index (χ1v) is 9.52. The fourth-order valence-electron chi connectivity index (χ4n) is 2.42. The maximum Gasteiger partial charge on any atom is 0.261 e. The van der Waals surface area contributed by atoms with E-state index in [4.69, 9.17) is 0 Å². The Morgan fingerprint density at radius 3 is 2.81 bits per heavy atom.